The van der Waals surface area contributed by atoms with Crippen LogP contribution < -0.4 is 5.32 Å². The number of hydrogen-bond acceptors (Lipinski definition) is 2. The maximum absolute atomic E-state index is 12.1. The molecule has 3 aromatic rings. The zero-order chi connectivity index (χ0) is 15.7. The van der Waals surface area contributed by atoms with Crippen molar-refractivity contribution >= 4 is 34.2 Å². The predicted molar refractivity (Wildman–Crippen MR) is 89.2 cm³/mol. The summed E-state index contributed by atoms with van der Waals surface area (Å²) in [4.78, 5) is 16.6. The van der Waals surface area contributed by atoms with Gasteiger partial charge in [0.2, 0.25) is 5.91 Å². The molecular formula is C17H16ClN3O. The minimum Gasteiger partial charge on any atom is -0.331 e. The van der Waals surface area contributed by atoms with Crippen molar-refractivity contribution in [1.82, 2.24) is 9.55 Å². The molecule has 1 N–H and O–H groups in total. The van der Waals surface area contributed by atoms with Crippen LogP contribution in [0.25, 0.3) is 11.0 Å². The number of aryl methyl sites for hydroxylation is 2. The molecule has 1 heterocycles. The summed E-state index contributed by atoms with van der Waals surface area (Å²) in [6, 6.07) is 13.0. The van der Waals surface area contributed by atoms with Crippen molar-refractivity contribution in [3.63, 3.8) is 0 Å². The fourth-order valence-corrected chi connectivity index (χ4v) is 2.53. The third-order valence-corrected chi connectivity index (χ3v) is 3.91. The number of nitrogens with zero attached hydrogens (tertiary/aromatic N) is 2. The van der Waals surface area contributed by atoms with Gasteiger partial charge in [0.15, 0.2) is 0 Å². The third kappa shape index (κ3) is 2.97. The molecule has 0 fully saturated rings. The van der Waals surface area contributed by atoms with Crippen molar-refractivity contribution < 1.29 is 4.79 Å². The summed E-state index contributed by atoms with van der Waals surface area (Å²) in [6.45, 7) is 1.97. The number of anilines is 1. The Labute approximate surface area is 133 Å². The second-order valence-electron chi connectivity index (χ2n) is 5.27. The fourth-order valence-electron chi connectivity index (χ4n) is 2.40. The van der Waals surface area contributed by atoms with Gasteiger partial charge in [0.05, 0.1) is 17.5 Å². The summed E-state index contributed by atoms with van der Waals surface area (Å²) in [7, 11) is 1.98. The largest absolute Gasteiger partial charge is 0.331 e. The third-order valence-electron chi connectivity index (χ3n) is 3.66. The van der Waals surface area contributed by atoms with Crippen LogP contribution in [0.1, 0.15) is 11.4 Å². The molecule has 0 bridgehead atoms. The molecule has 0 spiro atoms. The molecule has 112 valence electrons. The summed E-state index contributed by atoms with van der Waals surface area (Å²) in [5, 5.41) is 3.51. The molecule has 4 nitrogen and oxygen atoms in total. The molecule has 0 unspecified atom stereocenters. The highest BCUT2D eigenvalue weighted by molar-refractivity contribution is 6.30. The summed E-state index contributed by atoms with van der Waals surface area (Å²) in [5.41, 5.74) is 3.66. The molecule has 1 aromatic heterocycles. The average Bonchev–Trinajstić information content (AvgIpc) is 2.76. The lowest BCUT2D eigenvalue weighted by Crippen LogP contribution is -2.14. The van der Waals surface area contributed by atoms with E-state index in [-0.39, 0.29) is 5.91 Å². The van der Waals surface area contributed by atoms with Gasteiger partial charge in [0.1, 0.15) is 5.82 Å². The molecule has 0 atom stereocenters. The lowest BCUT2D eigenvalue weighted by molar-refractivity contribution is -0.115. The number of carbonyl (C=O) groups excluding carboxylic acids is 1. The second kappa shape index (κ2) is 5.81. The van der Waals surface area contributed by atoms with Crippen LogP contribution in [0.5, 0.6) is 0 Å². The van der Waals surface area contributed by atoms with E-state index < -0.39 is 0 Å². The summed E-state index contributed by atoms with van der Waals surface area (Å²) in [5.74, 6) is 0.895. The Morgan fingerprint density at radius 1 is 1.23 bits per heavy atom. The molecular weight excluding hydrogens is 298 g/mol. The van der Waals surface area contributed by atoms with E-state index in [1.807, 2.05) is 36.7 Å². The van der Waals surface area contributed by atoms with Crippen LogP contribution >= 0.6 is 11.6 Å². The van der Waals surface area contributed by atoms with Crippen molar-refractivity contribution in [1.29, 1.82) is 0 Å². The molecule has 1 amide bonds. The number of nitrogens with one attached hydrogen (secondary N) is 1. The zero-order valence-electron chi connectivity index (χ0n) is 12.4. The Hall–Kier alpha value is -2.33. The molecule has 0 saturated carbocycles. The maximum atomic E-state index is 12.1. The van der Waals surface area contributed by atoms with E-state index in [1.54, 1.807) is 24.3 Å². The highest BCUT2D eigenvalue weighted by Gasteiger charge is 2.08. The van der Waals surface area contributed by atoms with Gasteiger partial charge in [-0.2, -0.15) is 0 Å². The SMILES string of the molecule is Cc1nc2cc(CC(=O)Nc3ccc(Cl)cc3)ccc2n1C. The number of halogens is 1. The first-order valence-corrected chi connectivity index (χ1v) is 7.38. The monoisotopic (exact) mass is 313 g/mol. The maximum Gasteiger partial charge on any atom is 0.228 e. The minimum atomic E-state index is -0.0608. The summed E-state index contributed by atoms with van der Waals surface area (Å²) >= 11 is 5.83. The molecule has 0 saturated heterocycles. The number of carbonyl (C=O) groups is 1. The van der Waals surface area contributed by atoms with Crippen LogP contribution in [-0.2, 0) is 18.3 Å². The molecule has 2 aromatic carbocycles. The molecule has 0 aliphatic carbocycles. The van der Waals surface area contributed by atoms with Gasteiger partial charge in [-0.15, -0.1) is 0 Å². The first-order chi connectivity index (χ1) is 10.5. The van der Waals surface area contributed by atoms with Gasteiger partial charge >= 0.3 is 0 Å². The van der Waals surface area contributed by atoms with Crippen LogP contribution in [0.4, 0.5) is 5.69 Å². The van der Waals surface area contributed by atoms with Crippen molar-refractivity contribution in [2.24, 2.45) is 7.05 Å². The average molecular weight is 314 g/mol. The van der Waals surface area contributed by atoms with Crippen LogP contribution in [0.2, 0.25) is 5.02 Å². The Bertz CT molecular complexity index is 837. The predicted octanol–water partition coefficient (Wildman–Crippen LogP) is 3.72. The smallest absolute Gasteiger partial charge is 0.228 e. The quantitative estimate of drug-likeness (QED) is 0.801. The van der Waals surface area contributed by atoms with Gasteiger partial charge in [-0.3, -0.25) is 4.79 Å². The molecule has 0 aliphatic rings. The Balaban J connectivity index is 1.74. The molecule has 3 rings (SSSR count). The number of imidazole rings is 1. The normalized spacial score (nSPS) is 10.9. The summed E-state index contributed by atoms with van der Waals surface area (Å²) in [6.07, 6.45) is 0.314. The van der Waals surface area contributed by atoms with Gasteiger partial charge in [-0.05, 0) is 48.9 Å². The number of hydrogen-bond donors (Lipinski definition) is 1. The standard InChI is InChI=1S/C17H16ClN3O/c1-11-19-15-9-12(3-8-16(15)21(11)2)10-17(22)20-14-6-4-13(18)5-7-14/h3-9H,10H2,1-2H3,(H,20,22). The lowest BCUT2D eigenvalue weighted by atomic mass is 10.1. The number of aromatic nitrogens is 2. The molecule has 0 radical (unpaired) electrons. The Morgan fingerprint density at radius 2 is 1.95 bits per heavy atom. The number of amides is 1. The van der Waals surface area contributed by atoms with E-state index in [0.29, 0.717) is 11.4 Å². The van der Waals surface area contributed by atoms with Crippen molar-refractivity contribution in [3.8, 4) is 0 Å². The first-order valence-electron chi connectivity index (χ1n) is 7.00. The van der Waals surface area contributed by atoms with E-state index in [4.69, 9.17) is 11.6 Å². The van der Waals surface area contributed by atoms with Gasteiger partial charge < -0.3 is 9.88 Å². The number of fused-ring (bicyclic) bond motifs is 1. The molecule has 0 aliphatic heterocycles. The fraction of sp³-hybridized carbons (Fsp3) is 0.176. The zero-order valence-corrected chi connectivity index (χ0v) is 13.2. The first kappa shape index (κ1) is 14.6. The van der Waals surface area contributed by atoms with E-state index in [2.05, 4.69) is 10.3 Å². The van der Waals surface area contributed by atoms with Gasteiger partial charge in [-0.25, -0.2) is 4.98 Å². The highest BCUT2D eigenvalue weighted by Crippen LogP contribution is 2.18. The van der Waals surface area contributed by atoms with Gasteiger partial charge in [0, 0.05) is 17.8 Å². The van der Waals surface area contributed by atoms with Crippen LogP contribution in [0.3, 0.4) is 0 Å². The van der Waals surface area contributed by atoms with Gasteiger partial charge in [-0.1, -0.05) is 17.7 Å². The van der Waals surface area contributed by atoms with E-state index in [0.717, 1.165) is 28.1 Å². The van der Waals surface area contributed by atoms with Gasteiger partial charge in [0.25, 0.3) is 0 Å². The molecule has 5 heteroatoms. The minimum absolute atomic E-state index is 0.0608. The van der Waals surface area contributed by atoms with Crippen molar-refractivity contribution in [2.75, 3.05) is 5.32 Å². The topological polar surface area (TPSA) is 46.9 Å². The van der Waals surface area contributed by atoms with E-state index in [1.165, 1.54) is 0 Å². The lowest BCUT2D eigenvalue weighted by Gasteiger charge is -2.05. The van der Waals surface area contributed by atoms with Crippen molar-refractivity contribution in [3.05, 3.63) is 58.9 Å². The van der Waals surface area contributed by atoms with Crippen LogP contribution in [0.15, 0.2) is 42.5 Å². The highest BCUT2D eigenvalue weighted by atomic mass is 35.5. The van der Waals surface area contributed by atoms with E-state index >= 15 is 0 Å². The van der Waals surface area contributed by atoms with Crippen LogP contribution in [-0.4, -0.2) is 15.5 Å². The summed E-state index contributed by atoms with van der Waals surface area (Å²) < 4.78 is 2.03. The Morgan fingerprint density at radius 3 is 2.68 bits per heavy atom. The van der Waals surface area contributed by atoms with Crippen LogP contribution in [0, 0.1) is 6.92 Å². The molecule has 22 heavy (non-hydrogen) atoms. The van der Waals surface area contributed by atoms with Crippen molar-refractivity contribution in [2.45, 2.75) is 13.3 Å². The number of benzene rings is 2. The van der Waals surface area contributed by atoms with E-state index in [9.17, 15) is 4.79 Å². The second-order valence-corrected chi connectivity index (χ2v) is 5.71. The Kier molecular flexibility index (Phi) is 3.86. The number of rotatable bonds is 3.